The maximum atomic E-state index is 3.56. The lowest BCUT2D eigenvalue weighted by molar-refractivity contribution is 0.0908. The standard InChI is InChI=1S/C13H28N2/c1-5-14-12(2)13(3,4)15-10-8-6-7-9-11-15/h12,14H,5-11H2,1-4H3. The van der Waals surface area contributed by atoms with E-state index in [2.05, 4.69) is 37.9 Å². The summed E-state index contributed by atoms with van der Waals surface area (Å²) in [5.74, 6) is 0. The van der Waals surface area contributed by atoms with Crippen molar-refractivity contribution in [1.82, 2.24) is 10.2 Å². The van der Waals surface area contributed by atoms with Crippen LogP contribution in [-0.2, 0) is 0 Å². The Bertz CT molecular complexity index is 169. The van der Waals surface area contributed by atoms with Crippen LogP contribution < -0.4 is 5.32 Å². The first-order chi connectivity index (χ1) is 7.09. The Morgan fingerprint density at radius 2 is 1.67 bits per heavy atom. The number of rotatable bonds is 4. The summed E-state index contributed by atoms with van der Waals surface area (Å²) < 4.78 is 0. The fourth-order valence-electron chi connectivity index (χ4n) is 2.48. The molecule has 1 heterocycles. The summed E-state index contributed by atoms with van der Waals surface area (Å²) >= 11 is 0. The summed E-state index contributed by atoms with van der Waals surface area (Å²) in [6.07, 6.45) is 5.59. The van der Waals surface area contributed by atoms with Crippen LogP contribution in [0.25, 0.3) is 0 Å². The second kappa shape index (κ2) is 5.86. The zero-order valence-electron chi connectivity index (χ0n) is 11.0. The Balaban J connectivity index is 2.56. The molecule has 0 spiro atoms. The molecule has 1 rings (SSSR count). The third kappa shape index (κ3) is 3.46. The van der Waals surface area contributed by atoms with Crippen molar-refractivity contribution in [2.24, 2.45) is 0 Å². The molecule has 2 heteroatoms. The minimum atomic E-state index is 0.292. The highest BCUT2D eigenvalue weighted by Crippen LogP contribution is 2.23. The normalized spacial score (nSPS) is 22.4. The lowest BCUT2D eigenvalue weighted by atomic mass is 9.93. The summed E-state index contributed by atoms with van der Waals surface area (Å²) in [7, 11) is 0. The molecule has 1 atom stereocenters. The molecule has 0 saturated carbocycles. The van der Waals surface area contributed by atoms with Gasteiger partial charge in [0.2, 0.25) is 0 Å². The third-order valence-corrected chi connectivity index (χ3v) is 3.99. The summed E-state index contributed by atoms with van der Waals surface area (Å²) in [4.78, 5) is 2.67. The van der Waals surface area contributed by atoms with Gasteiger partial charge in [-0.25, -0.2) is 0 Å². The minimum Gasteiger partial charge on any atom is -0.313 e. The summed E-state index contributed by atoms with van der Waals surface area (Å²) in [5.41, 5.74) is 0.292. The molecule has 0 aromatic carbocycles. The molecule has 0 aromatic heterocycles. The second-order valence-electron chi connectivity index (χ2n) is 5.33. The number of likely N-dealkylation sites (tertiary alicyclic amines) is 1. The van der Waals surface area contributed by atoms with E-state index in [1.165, 1.54) is 38.8 Å². The largest absolute Gasteiger partial charge is 0.313 e. The smallest absolute Gasteiger partial charge is 0.0303 e. The molecular formula is C13H28N2. The van der Waals surface area contributed by atoms with Gasteiger partial charge < -0.3 is 5.32 Å². The van der Waals surface area contributed by atoms with Crippen molar-refractivity contribution in [3.8, 4) is 0 Å². The van der Waals surface area contributed by atoms with E-state index < -0.39 is 0 Å². The maximum Gasteiger partial charge on any atom is 0.0303 e. The number of hydrogen-bond donors (Lipinski definition) is 1. The highest BCUT2D eigenvalue weighted by molar-refractivity contribution is 4.91. The number of nitrogens with one attached hydrogen (secondary N) is 1. The van der Waals surface area contributed by atoms with Crippen molar-refractivity contribution in [1.29, 1.82) is 0 Å². The molecule has 1 aliphatic rings. The zero-order chi connectivity index (χ0) is 11.3. The van der Waals surface area contributed by atoms with Crippen LogP contribution in [0.1, 0.15) is 53.4 Å². The van der Waals surface area contributed by atoms with Gasteiger partial charge in [0.1, 0.15) is 0 Å². The predicted molar refractivity (Wildman–Crippen MR) is 67.3 cm³/mol. The van der Waals surface area contributed by atoms with Crippen LogP contribution >= 0.6 is 0 Å². The van der Waals surface area contributed by atoms with Gasteiger partial charge >= 0.3 is 0 Å². The van der Waals surface area contributed by atoms with E-state index in [-0.39, 0.29) is 0 Å². The molecule has 1 unspecified atom stereocenters. The molecule has 0 radical (unpaired) electrons. The molecule has 15 heavy (non-hydrogen) atoms. The van der Waals surface area contributed by atoms with E-state index in [1.54, 1.807) is 0 Å². The molecule has 1 fully saturated rings. The average molecular weight is 212 g/mol. The first kappa shape index (κ1) is 13.0. The lowest BCUT2D eigenvalue weighted by Gasteiger charge is -2.43. The van der Waals surface area contributed by atoms with Crippen LogP contribution in [0.2, 0.25) is 0 Å². The number of likely N-dealkylation sites (N-methyl/N-ethyl adjacent to an activating group) is 1. The van der Waals surface area contributed by atoms with Crippen LogP contribution in [-0.4, -0.2) is 36.1 Å². The Labute approximate surface area is 95.4 Å². The quantitative estimate of drug-likeness (QED) is 0.770. The van der Waals surface area contributed by atoms with Crippen molar-refractivity contribution in [3.63, 3.8) is 0 Å². The van der Waals surface area contributed by atoms with Gasteiger partial charge in [0.05, 0.1) is 0 Å². The van der Waals surface area contributed by atoms with Gasteiger partial charge in [-0.3, -0.25) is 4.90 Å². The monoisotopic (exact) mass is 212 g/mol. The average Bonchev–Trinajstić information content (AvgIpc) is 2.46. The van der Waals surface area contributed by atoms with Crippen molar-refractivity contribution in [3.05, 3.63) is 0 Å². The molecule has 1 saturated heterocycles. The molecule has 0 bridgehead atoms. The maximum absolute atomic E-state index is 3.56. The van der Waals surface area contributed by atoms with E-state index >= 15 is 0 Å². The Morgan fingerprint density at radius 3 is 2.13 bits per heavy atom. The van der Waals surface area contributed by atoms with Crippen LogP contribution in [0.4, 0.5) is 0 Å². The second-order valence-corrected chi connectivity index (χ2v) is 5.33. The van der Waals surface area contributed by atoms with Crippen molar-refractivity contribution < 1.29 is 0 Å². The van der Waals surface area contributed by atoms with Gasteiger partial charge in [0, 0.05) is 11.6 Å². The van der Waals surface area contributed by atoms with Gasteiger partial charge in [0.15, 0.2) is 0 Å². The number of nitrogens with zero attached hydrogens (tertiary/aromatic N) is 1. The van der Waals surface area contributed by atoms with Gasteiger partial charge in [-0.15, -0.1) is 0 Å². The topological polar surface area (TPSA) is 15.3 Å². The van der Waals surface area contributed by atoms with Gasteiger partial charge in [-0.2, -0.15) is 0 Å². The fourth-order valence-corrected chi connectivity index (χ4v) is 2.48. The Morgan fingerprint density at radius 1 is 1.13 bits per heavy atom. The van der Waals surface area contributed by atoms with E-state index in [9.17, 15) is 0 Å². The van der Waals surface area contributed by atoms with Crippen molar-refractivity contribution in [2.45, 2.75) is 65.0 Å². The van der Waals surface area contributed by atoms with E-state index in [0.717, 1.165) is 6.54 Å². The van der Waals surface area contributed by atoms with Crippen LogP contribution in [0.3, 0.4) is 0 Å². The first-order valence-electron chi connectivity index (χ1n) is 6.57. The molecule has 1 N–H and O–H groups in total. The summed E-state index contributed by atoms with van der Waals surface area (Å²) in [5, 5.41) is 3.56. The molecule has 0 aromatic rings. The number of hydrogen-bond acceptors (Lipinski definition) is 2. The summed E-state index contributed by atoms with van der Waals surface area (Å²) in [6.45, 7) is 12.9. The van der Waals surface area contributed by atoms with Crippen molar-refractivity contribution in [2.75, 3.05) is 19.6 Å². The molecular weight excluding hydrogens is 184 g/mol. The molecule has 2 nitrogen and oxygen atoms in total. The van der Waals surface area contributed by atoms with Gasteiger partial charge in [-0.05, 0) is 53.2 Å². The van der Waals surface area contributed by atoms with Crippen LogP contribution in [0, 0.1) is 0 Å². The van der Waals surface area contributed by atoms with Crippen LogP contribution in [0.15, 0.2) is 0 Å². The lowest BCUT2D eigenvalue weighted by Crippen LogP contribution is -2.56. The first-order valence-corrected chi connectivity index (χ1v) is 6.57. The van der Waals surface area contributed by atoms with Crippen LogP contribution in [0.5, 0.6) is 0 Å². The summed E-state index contributed by atoms with van der Waals surface area (Å²) in [6, 6.07) is 0.570. The van der Waals surface area contributed by atoms with E-state index in [4.69, 9.17) is 0 Å². The highest BCUT2D eigenvalue weighted by Gasteiger charge is 2.32. The minimum absolute atomic E-state index is 0.292. The predicted octanol–water partition coefficient (Wildman–Crippen LogP) is 2.64. The third-order valence-electron chi connectivity index (χ3n) is 3.99. The molecule has 0 aliphatic carbocycles. The Hall–Kier alpha value is -0.0800. The Kier molecular flexibility index (Phi) is 5.07. The molecule has 1 aliphatic heterocycles. The van der Waals surface area contributed by atoms with E-state index in [1.807, 2.05) is 0 Å². The van der Waals surface area contributed by atoms with Gasteiger partial charge in [0.25, 0.3) is 0 Å². The van der Waals surface area contributed by atoms with Gasteiger partial charge in [-0.1, -0.05) is 19.8 Å². The molecule has 90 valence electrons. The SMILES string of the molecule is CCNC(C)C(C)(C)N1CCCCCC1. The highest BCUT2D eigenvalue weighted by atomic mass is 15.2. The zero-order valence-corrected chi connectivity index (χ0v) is 11.0. The van der Waals surface area contributed by atoms with E-state index in [0.29, 0.717) is 11.6 Å². The molecule has 0 amide bonds. The van der Waals surface area contributed by atoms with Crippen molar-refractivity contribution >= 4 is 0 Å². The fraction of sp³-hybridized carbons (Fsp3) is 1.00.